The minimum atomic E-state index is 0.707. The second-order valence-electron chi connectivity index (χ2n) is 2.58. The predicted molar refractivity (Wildman–Crippen MR) is 51.7 cm³/mol. The molecule has 0 bridgehead atoms. The van der Waals surface area contributed by atoms with Crippen molar-refractivity contribution in [2.45, 2.75) is 39.0 Å². The molecule has 0 aromatic rings. The molecule has 0 aliphatic rings. The Kier molecular flexibility index (Phi) is 9.70. The molecular weight excluding hydrogens is 154 g/mol. The Balaban J connectivity index is 2.75. The van der Waals surface area contributed by atoms with E-state index in [0.29, 0.717) is 6.42 Å². The predicted octanol–water partition coefficient (Wildman–Crippen LogP) is 3.21. The standard InChI is InChI=1S/C9H17NS/c1-2-3-4-5-8-11-9-6-7-10/h2-6,8-9H2,1H3. The van der Waals surface area contributed by atoms with Gasteiger partial charge in [-0.2, -0.15) is 17.0 Å². The van der Waals surface area contributed by atoms with Crippen molar-refractivity contribution in [3.63, 3.8) is 0 Å². The van der Waals surface area contributed by atoms with Crippen LogP contribution in [0.15, 0.2) is 0 Å². The Bertz CT molecular complexity index is 107. The van der Waals surface area contributed by atoms with Crippen molar-refractivity contribution >= 4 is 11.8 Å². The largest absolute Gasteiger partial charge is 0.198 e. The molecule has 0 saturated heterocycles. The van der Waals surface area contributed by atoms with Crippen LogP contribution in [0, 0.1) is 11.3 Å². The van der Waals surface area contributed by atoms with Gasteiger partial charge in [0.15, 0.2) is 0 Å². The fourth-order valence-corrected chi connectivity index (χ4v) is 1.70. The quantitative estimate of drug-likeness (QED) is 0.549. The molecule has 64 valence electrons. The number of nitriles is 1. The first kappa shape index (κ1) is 10.8. The first-order valence-electron chi connectivity index (χ1n) is 4.36. The lowest BCUT2D eigenvalue weighted by molar-refractivity contribution is 0.706. The molecule has 0 N–H and O–H groups in total. The van der Waals surface area contributed by atoms with Gasteiger partial charge < -0.3 is 0 Å². The summed E-state index contributed by atoms with van der Waals surface area (Å²) in [4.78, 5) is 0. The van der Waals surface area contributed by atoms with Crippen LogP contribution in [0.25, 0.3) is 0 Å². The van der Waals surface area contributed by atoms with Crippen LogP contribution in [0.4, 0.5) is 0 Å². The number of hydrogen-bond donors (Lipinski definition) is 0. The topological polar surface area (TPSA) is 23.8 Å². The van der Waals surface area contributed by atoms with Crippen molar-refractivity contribution in [2.24, 2.45) is 0 Å². The lowest BCUT2D eigenvalue weighted by Gasteiger charge is -1.97. The first-order chi connectivity index (χ1) is 5.41. The number of thioether (sulfide) groups is 1. The third-order valence-electron chi connectivity index (χ3n) is 1.50. The first-order valence-corrected chi connectivity index (χ1v) is 5.52. The van der Waals surface area contributed by atoms with Gasteiger partial charge >= 0.3 is 0 Å². The van der Waals surface area contributed by atoms with Crippen molar-refractivity contribution in [3.05, 3.63) is 0 Å². The molecule has 0 saturated carbocycles. The fourth-order valence-electron chi connectivity index (χ4n) is 0.851. The van der Waals surface area contributed by atoms with Gasteiger partial charge in [0.1, 0.15) is 0 Å². The molecule has 0 rings (SSSR count). The van der Waals surface area contributed by atoms with Crippen molar-refractivity contribution < 1.29 is 0 Å². The van der Waals surface area contributed by atoms with Gasteiger partial charge in [-0.05, 0) is 12.2 Å². The number of unbranched alkanes of at least 4 members (excludes halogenated alkanes) is 3. The molecule has 0 unspecified atom stereocenters. The molecule has 0 heterocycles. The van der Waals surface area contributed by atoms with Crippen LogP contribution >= 0.6 is 11.8 Å². The normalized spacial score (nSPS) is 9.45. The lowest BCUT2D eigenvalue weighted by Crippen LogP contribution is -1.83. The Morgan fingerprint density at radius 1 is 1.18 bits per heavy atom. The highest BCUT2D eigenvalue weighted by atomic mass is 32.2. The van der Waals surface area contributed by atoms with E-state index in [4.69, 9.17) is 5.26 Å². The summed E-state index contributed by atoms with van der Waals surface area (Å²) < 4.78 is 0. The molecule has 2 heteroatoms. The van der Waals surface area contributed by atoms with E-state index in [1.807, 2.05) is 11.8 Å². The molecule has 0 atom stereocenters. The van der Waals surface area contributed by atoms with Crippen molar-refractivity contribution in [1.82, 2.24) is 0 Å². The number of rotatable bonds is 7. The molecule has 0 aromatic heterocycles. The van der Waals surface area contributed by atoms with Crippen LogP contribution in [-0.4, -0.2) is 11.5 Å². The summed E-state index contributed by atoms with van der Waals surface area (Å²) in [6.45, 7) is 2.23. The Morgan fingerprint density at radius 2 is 2.00 bits per heavy atom. The van der Waals surface area contributed by atoms with E-state index in [9.17, 15) is 0 Å². The highest BCUT2D eigenvalue weighted by Gasteiger charge is 1.89. The van der Waals surface area contributed by atoms with E-state index in [1.165, 1.54) is 31.4 Å². The van der Waals surface area contributed by atoms with Crippen LogP contribution in [0.1, 0.15) is 39.0 Å². The minimum Gasteiger partial charge on any atom is -0.198 e. The summed E-state index contributed by atoms with van der Waals surface area (Å²) in [7, 11) is 0. The summed E-state index contributed by atoms with van der Waals surface area (Å²) in [5.41, 5.74) is 0. The Morgan fingerprint density at radius 3 is 2.64 bits per heavy atom. The molecule has 0 aromatic carbocycles. The van der Waals surface area contributed by atoms with Gasteiger partial charge in [0.25, 0.3) is 0 Å². The van der Waals surface area contributed by atoms with E-state index >= 15 is 0 Å². The van der Waals surface area contributed by atoms with Gasteiger partial charge in [0.2, 0.25) is 0 Å². The highest BCUT2D eigenvalue weighted by molar-refractivity contribution is 7.99. The summed E-state index contributed by atoms with van der Waals surface area (Å²) in [6, 6.07) is 2.15. The summed E-state index contributed by atoms with van der Waals surface area (Å²) in [6.07, 6.45) is 6.06. The average molecular weight is 171 g/mol. The van der Waals surface area contributed by atoms with Gasteiger partial charge in [0.05, 0.1) is 6.07 Å². The number of nitrogens with zero attached hydrogens (tertiary/aromatic N) is 1. The fraction of sp³-hybridized carbons (Fsp3) is 0.889. The molecular formula is C9H17NS. The summed E-state index contributed by atoms with van der Waals surface area (Å²) in [5.74, 6) is 2.25. The van der Waals surface area contributed by atoms with Gasteiger partial charge in [0, 0.05) is 12.2 Å². The van der Waals surface area contributed by atoms with E-state index < -0.39 is 0 Å². The Hall–Kier alpha value is -0.160. The van der Waals surface area contributed by atoms with Gasteiger partial charge in [-0.25, -0.2) is 0 Å². The van der Waals surface area contributed by atoms with E-state index in [0.717, 1.165) is 5.75 Å². The van der Waals surface area contributed by atoms with E-state index in [2.05, 4.69) is 13.0 Å². The zero-order valence-electron chi connectivity index (χ0n) is 7.31. The molecule has 0 spiro atoms. The molecule has 0 aliphatic heterocycles. The molecule has 11 heavy (non-hydrogen) atoms. The van der Waals surface area contributed by atoms with Crippen molar-refractivity contribution in [3.8, 4) is 6.07 Å². The van der Waals surface area contributed by atoms with Crippen LogP contribution in [0.2, 0.25) is 0 Å². The molecule has 0 aliphatic carbocycles. The summed E-state index contributed by atoms with van der Waals surface area (Å²) >= 11 is 1.91. The van der Waals surface area contributed by atoms with Crippen molar-refractivity contribution in [1.29, 1.82) is 5.26 Å². The second-order valence-corrected chi connectivity index (χ2v) is 3.81. The zero-order chi connectivity index (χ0) is 8.36. The van der Waals surface area contributed by atoms with Gasteiger partial charge in [-0.3, -0.25) is 0 Å². The zero-order valence-corrected chi connectivity index (χ0v) is 8.12. The smallest absolute Gasteiger partial charge is 0.0630 e. The van der Waals surface area contributed by atoms with Crippen LogP contribution in [0.3, 0.4) is 0 Å². The van der Waals surface area contributed by atoms with Gasteiger partial charge in [-0.1, -0.05) is 26.2 Å². The second kappa shape index (κ2) is 9.84. The third kappa shape index (κ3) is 9.84. The van der Waals surface area contributed by atoms with E-state index in [-0.39, 0.29) is 0 Å². The van der Waals surface area contributed by atoms with Crippen LogP contribution in [-0.2, 0) is 0 Å². The monoisotopic (exact) mass is 171 g/mol. The minimum absolute atomic E-state index is 0.707. The highest BCUT2D eigenvalue weighted by Crippen LogP contribution is 2.07. The van der Waals surface area contributed by atoms with E-state index in [1.54, 1.807) is 0 Å². The molecule has 0 amide bonds. The SMILES string of the molecule is CCCCCCSCCC#N. The molecule has 0 radical (unpaired) electrons. The lowest BCUT2D eigenvalue weighted by atomic mass is 10.2. The summed E-state index contributed by atoms with van der Waals surface area (Å²) in [5, 5.41) is 8.24. The average Bonchev–Trinajstić information content (AvgIpc) is 2.03. The maximum Gasteiger partial charge on any atom is 0.0630 e. The molecule has 1 nitrogen and oxygen atoms in total. The van der Waals surface area contributed by atoms with Gasteiger partial charge in [-0.15, -0.1) is 0 Å². The maximum atomic E-state index is 8.24. The van der Waals surface area contributed by atoms with Crippen molar-refractivity contribution in [2.75, 3.05) is 11.5 Å². The third-order valence-corrected chi connectivity index (χ3v) is 2.57. The van der Waals surface area contributed by atoms with Crippen LogP contribution < -0.4 is 0 Å². The molecule has 0 fully saturated rings. The Labute approximate surface area is 74.2 Å². The van der Waals surface area contributed by atoms with Crippen LogP contribution in [0.5, 0.6) is 0 Å². The maximum absolute atomic E-state index is 8.24. The number of hydrogen-bond acceptors (Lipinski definition) is 2.